The molecule has 0 unspecified atom stereocenters. The third kappa shape index (κ3) is 4.52. The molecule has 30 heavy (non-hydrogen) atoms. The van der Waals surface area contributed by atoms with Crippen LogP contribution in [0.25, 0.3) is 11.0 Å². The summed E-state index contributed by atoms with van der Waals surface area (Å²) in [7, 11) is 0. The van der Waals surface area contributed by atoms with Crippen molar-refractivity contribution in [1.82, 2.24) is 9.55 Å². The lowest BCUT2D eigenvalue weighted by Crippen LogP contribution is -2.09. The van der Waals surface area contributed by atoms with Crippen LogP contribution in [0.1, 0.15) is 43.1 Å². The van der Waals surface area contributed by atoms with Gasteiger partial charge in [-0.25, -0.2) is 4.98 Å². The molecule has 0 saturated carbocycles. The van der Waals surface area contributed by atoms with Crippen molar-refractivity contribution in [3.8, 4) is 5.75 Å². The lowest BCUT2D eigenvalue weighted by Gasteiger charge is -2.15. The van der Waals surface area contributed by atoms with E-state index in [-0.39, 0.29) is 0 Å². The van der Waals surface area contributed by atoms with Crippen molar-refractivity contribution in [2.45, 2.75) is 39.2 Å². The average Bonchev–Trinajstić information content (AvgIpc) is 3.10. The van der Waals surface area contributed by atoms with Crippen LogP contribution in [0, 0.1) is 0 Å². The molecule has 0 radical (unpaired) electrons. The molecule has 0 aliphatic rings. The standard InChI is InChI=1S/C26H27ClN2O/c1-19(2)21-11-4-8-15-25(21)30-17-9-16-29-24-14-7-6-13-23(24)28-26(29)18-20-10-3-5-12-22(20)27/h3-8,10-15,19H,9,16-18H2,1-2H3. The molecule has 0 aliphatic heterocycles. The predicted molar refractivity (Wildman–Crippen MR) is 125 cm³/mol. The molecule has 0 fully saturated rings. The molecule has 0 spiro atoms. The summed E-state index contributed by atoms with van der Waals surface area (Å²) in [5.74, 6) is 2.46. The van der Waals surface area contributed by atoms with Crippen LogP contribution in [0.4, 0.5) is 0 Å². The Morgan fingerprint density at radius 3 is 2.50 bits per heavy atom. The number of hydrogen-bond acceptors (Lipinski definition) is 2. The highest BCUT2D eigenvalue weighted by Gasteiger charge is 2.13. The molecule has 0 atom stereocenters. The van der Waals surface area contributed by atoms with Crippen LogP contribution in [-0.4, -0.2) is 16.2 Å². The second-order valence-corrected chi connectivity index (χ2v) is 8.24. The lowest BCUT2D eigenvalue weighted by atomic mass is 10.0. The van der Waals surface area contributed by atoms with Crippen molar-refractivity contribution >= 4 is 22.6 Å². The Labute approximate surface area is 183 Å². The Bertz CT molecular complexity index is 1130. The van der Waals surface area contributed by atoms with Crippen molar-refractivity contribution in [1.29, 1.82) is 0 Å². The first-order valence-electron chi connectivity index (χ1n) is 10.5. The first kappa shape index (κ1) is 20.5. The van der Waals surface area contributed by atoms with Crippen LogP contribution >= 0.6 is 11.6 Å². The van der Waals surface area contributed by atoms with Gasteiger partial charge in [-0.3, -0.25) is 0 Å². The van der Waals surface area contributed by atoms with Gasteiger partial charge in [-0.15, -0.1) is 0 Å². The summed E-state index contributed by atoms with van der Waals surface area (Å²) in [5.41, 5.74) is 4.52. The monoisotopic (exact) mass is 418 g/mol. The van der Waals surface area contributed by atoms with Gasteiger partial charge < -0.3 is 9.30 Å². The van der Waals surface area contributed by atoms with E-state index in [2.05, 4.69) is 60.9 Å². The quantitative estimate of drug-likeness (QED) is 0.292. The smallest absolute Gasteiger partial charge is 0.122 e. The van der Waals surface area contributed by atoms with Crippen LogP contribution in [0.15, 0.2) is 72.8 Å². The zero-order valence-electron chi connectivity index (χ0n) is 17.5. The number of nitrogens with zero attached hydrogens (tertiary/aromatic N) is 2. The molecular formula is C26H27ClN2O. The number of halogens is 1. The van der Waals surface area contributed by atoms with Crippen molar-refractivity contribution in [3.63, 3.8) is 0 Å². The normalized spacial score (nSPS) is 11.3. The Balaban J connectivity index is 1.50. The number of rotatable bonds is 8. The molecule has 0 saturated heterocycles. The molecule has 1 heterocycles. The molecule has 0 aliphatic carbocycles. The van der Waals surface area contributed by atoms with Gasteiger partial charge in [0, 0.05) is 18.0 Å². The Hall–Kier alpha value is -2.78. The fourth-order valence-electron chi connectivity index (χ4n) is 3.82. The van der Waals surface area contributed by atoms with Gasteiger partial charge in [0.25, 0.3) is 0 Å². The van der Waals surface area contributed by atoms with Gasteiger partial charge in [0.2, 0.25) is 0 Å². The molecular weight excluding hydrogens is 392 g/mol. The van der Waals surface area contributed by atoms with Crippen LogP contribution in [-0.2, 0) is 13.0 Å². The van der Waals surface area contributed by atoms with E-state index in [1.165, 1.54) is 5.56 Å². The summed E-state index contributed by atoms with van der Waals surface area (Å²) in [6.45, 7) is 5.91. The van der Waals surface area contributed by atoms with Gasteiger partial charge in [0.05, 0.1) is 17.6 Å². The van der Waals surface area contributed by atoms with Gasteiger partial charge in [0.15, 0.2) is 0 Å². The molecule has 0 bridgehead atoms. The number of benzene rings is 3. The minimum atomic E-state index is 0.445. The molecule has 0 amide bonds. The van der Waals surface area contributed by atoms with E-state index in [4.69, 9.17) is 21.3 Å². The molecule has 1 aromatic heterocycles. The SMILES string of the molecule is CC(C)c1ccccc1OCCCn1c(Cc2ccccc2Cl)nc2ccccc21. The summed E-state index contributed by atoms with van der Waals surface area (Å²) in [6, 6.07) is 24.6. The summed E-state index contributed by atoms with van der Waals surface area (Å²) in [6.07, 6.45) is 1.62. The second kappa shape index (κ2) is 9.36. The highest BCUT2D eigenvalue weighted by atomic mass is 35.5. The number of hydrogen-bond donors (Lipinski definition) is 0. The Morgan fingerprint density at radius 1 is 0.933 bits per heavy atom. The maximum absolute atomic E-state index is 6.40. The number of para-hydroxylation sites is 3. The van der Waals surface area contributed by atoms with E-state index in [0.29, 0.717) is 18.9 Å². The van der Waals surface area contributed by atoms with Crippen molar-refractivity contribution in [3.05, 3.63) is 94.8 Å². The third-order valence-electron chi connectivity index (χ3n) is 5.36. The zero-order chi connectivity index (χ0) is 20.9. The number of fused-ring (bicyclic) bond motifs is 1. The van der Waals surface area contributed by atoms with E-state index in [1.807, 2.05) is 30.3 Å². The average molecular weight is 419 g/mol. The van der Waals surface area contributed by atoms with E-state index in [0.717, 1.165) is 46.2 Å². The van der Waals surface area contributed by atoms with Gasteiger partial charge >= 0.3 is 0 Å². The highest BCUT2D eigenvalue weighted by Crippen LogP contribution is 2.26. The molecule has 3 aromatic carbocycles. The minimum Gasteiger partial charge on any atom is -0.493 e. The first-order valence-corrected chi connectivity index (χ1v) is 10.9. The fourth-order valence-corrected chi connectivity index (χ4v) is 4.02. The Morgan fingerprint density at radius 2 is 1.67 bits per heavy atom. The highest BCUT2D eigenvalue weighted by molar-refractivity contribution is 6.31. The largest absolute Gasteiger partial charge is 0.493 e. The van der Waals surface area contributed by atoms with Crippen molar-refractivity contribution < 1.29 is 4.74 Å². The molecule has 0 N–H and O–H groups in total. The van der Waals surface area contributed by atoms with Gasteiger partial charge in [0.1, 0.15) is 11.6 Å². The van der Waals surface area contributed by atoms with Crippen LogP contribution < -0.4 is 4.74 Å². The van der Waals surface area contributed by atoms with Crippen molar-refractivity contribution in [2.75, 3.05) is 6.61 Å². The van der Waals surface area contributed by atoms with Crippen LogP contribution in [0.3, 0.4) is 0 Å². The summed E-state index contributed by atoms with van der Waals surface area (Å²) in [5, 5.41) is 0.782. The molecule has 4 heteroatoms. The second-order valence-electron chi connectivity index (χ2n) is 7.83. The van der Waals surface area contributed by atoms with Crippen LogP contribution in [0.5, 0.6) is 5.75 Å². The topological polar surface area (TPSA) is 27.1 Å². The number of imidazole rings is 1. The third-order valence-corrected chi connectivity index (χ3v) is 5.73. The first-order chi connectivity index (χ1) is 14.6. The maximum atomic E-state index is 6.40. The molecule has 3 nitrogen and oxygen atoms in total. The number of ether oxygens (including phenoxy) is 1. The lowest BCUT2D eigenvalue weighted by molar-refractivity contribution is 0.298. The van der Waals surface area contributed by atoms with E-state index in [1.54, 1.807) is 0 Å². The molecule has 4 rings (SSSR count). The van der Waals surface area contributed by atoms with Gasteiger partial charge in [-0.1, -0.05) is 74.0 Å². The van der Waals surface area contributed by atoms with E-state index in [9.17, 15) is 0 Å². The maximum Gasteiger partial charge on any atom is 0.122 e. The predicted octanol–water partition coefficient (Wildman–Crippen LogP) is 6.87. The molecule has 4 aromatic rings. The minimum absolute atomic E-state index is 0.445. The Kier molecular flexibility index (Phi) is 6.39. The summed E-state index contributed by atoms with van der Waals surface area (Å²) in [4.78, 5) is 4.89. The molecule has 154 valence electrons. The zero-order valence-corrected chi connectivity index (χ0v) is 18.3. The van der Waals surface area contributed by atoms with Crippen molar-refractivity contribution in [2.24, 2.45) is 0 Å². The van der Waals surface area contributed by atoms with Gasteiger partial charge in [-0.05, 0) is 47.7 Å². The summed E-state index contributed by atoms with van der Waals surface area (Å²) >= 11 is 6.40. The number of aryl methyl sites for hydroxylation is 1. The summed E-state index contributed by atoms with van der Waals surface area (Å²) < 4.78 is 8.43. The fraction of sp³-hybridized carbons (Fsp3) is 0.269. The van der Waals surface area contributed by atoms with Crippen LogP contribution in [0.2, 0.25) is 5.02 Å². The van der Waals surface area contributed by atoms with E-state index >= 15 is 0 Å². The van der Waals surface area contributed by atoms with E-state index < -0.39 is 0 Å². The number of aromatic nitrogens is 2. The van der Waals surface area contributed by atoms with Gasteiger partial charge in [-0.2, -0.15) is 0 Å².